The Morgan fingerprint density at radius 2 is 1.67 bits per heavy atom. The third-order valence-corrected chi connectivity index (χ3v) is 6.99. The van der Waals surface area contributed by atoms with E-state index < -0.39 is 16.3 Å². The molecule has 2 aromatic rings. The van der Waals surface area contributed by atoms with Crippen LogP contribution in [0.4, 0.5) is 10.5 Å². The van der Waals surface area contributed by atoms with Crippen LogP contribution in [0.1, 0.15) is 24.0 Å². The molecule has 0 unspecified atom stereocenters. The molecule has 2 N–H and O–H groups in total. The number of rotatable bonds is 7. The van der Waals surface area contributed by atoms with Gasteiger partial charge in [-0.15, -0.1) is 0 Å². The molecule has 1 amide bonds. The Labute approximate surface area is 182 Å². The number of piperidine rings is 1. The van der Waals surface area contributed by atoms with E-state index in [9.17, 15) is 13.2 Å². The summed E-state index contributed by atoms with van der Waals surface area (Å²) in [6, 6.07) is 14.8. The molecular formula is C21H26ClN3O4S. The van der Waals surface area contributed by atoms with Gasteiger partial charge in [-0.1, -0.05) is 35.9 Å². The molecule has 3 rings (SSSR count). The van der Waals surface area contributed by atoms with E-state index in [-0.39, 0.29) is 6.61 Å². The number of hydrogen-bond acceptors (Lipinski definition) is 4. The fourth-order valence-corrected chi connectivity index (χ4v) is 4.50. The quantitative estimate of drug-likeness (QED) is 0.670. The Kier molecular flexibility index (Phi) is 7.71. The molecule has 0 radical (unpaired) electrons. The van der Waals surface area contributed by atoms with Crippen molar-refractivity contribution in [3.05, 3.63) is 64.7 Å². The molecular weight excluding hydrogens is 426 g/mol. The summed E-state index contributed by atoms with van der Waals surface area (Å²) in [5, 5.41) is 3.35. The standard InChI is InChI=1S/C21H26ClN3O4S/c1-23-30(27,28)25-12-10-17(11-13-25)14-16-4-8-20(9-5-16)24-21(26)29-15-18-2-6-19(22)7-3-18/h2-9,17,23H,10-15H2,1H3,(H,24,26). The maximum atomic E-state index is 12.0. The van der Waals surface area contributed by atoms with Crippen molar-refractivity contribution in [2.45, 2.75) is 25.9 Å². The third-order valence-electron chi connectivity index (χ3n) is 5.18. The van der Waals surface area contributed by atoms with Gasteiger partial charge in [-0.25, -0.2) is 9.52 Å². The van der Waals surface area contributed by atoms with Crippen molar-refractivity contribution in [1.29, 1.82) is 0 Å². The Balaban J connectivity index is 1.43. The minimum atomic E-state index is -3.33. The lowest BCUT2D eigenvalue weighted by atomic mass is 9.91. The van der Waals surface area contributed by atoms with Gasteiger partial charge in [-0.2, -0.15) is 12.7 Å². The summed E-state index contributed by atoms with van der Waals surface area (Å²) in [7, 11) is -1.90. The van der Waals surface area contributed by atoms with Gasteiger partial charge in [0.1, 0.15) is 6.61 Å². The van der Waals surface area contributed by atoms with Gasteiger partial charge in [0, 0.05) is 30.8 Å². The molecule has 1 saturated heterocycles. The lowest BCUT2D eigenvalue weighted by Gasteiger charge is -2.30. The van der Waals surface area contributed by atoms with E-state index in [1.54, 1.807) is 12.1 Å². The van der Waals surface area contributed by atoms with Crippen LogP contribution in [0.2, 0.25) is 5.02 Å². The molecule has 1 fully saturated rings. The van der Waals surface area contributed by atoms with Crippen molar-refractivity contribution in [2.24, 2.45) is 5.92 Å². The van der Waals surface area contributed by atoms with Crippen molar-refractivity contribution in [2.75, 3.05) is 25.5 Å². The molecule has 1 aliphatic heterocycles. The molecule has 0 spiro atoms. The van der Waals surface area contributed by atoms with Gasteiger partial charge in [0.05, 0.1) is 0 Å². The topological polar surface area (TPSA) is 87.7 Å². The van der Waals surface area contributed by atoms with Crippen LogP contribution in [-0.2, 0) is 28.0 Å². The van der Waals surface area contributed by atoms with E-state index >= 15 is 0 Å². The van der Waals surface area contributed by atoms with Gasteiger partial charge < -0.3 is 4.74 Å². The van der Waals surface area contributed by atoms with Crippen LogP contribution in [0.15, 0.2) is 48.5 Å². The van der Waals surface area contributed by atoms with Gasteiger partial charge in [-0.3, -0.25) is 5.32 Å². The molecule has 0 aromatic heterocycles. The first-order valence-electron chi connectivity index (χ1n) is 9.81. The van der Waals surface area contributed by atoms with Crippen LogP contribution in [0.25, 0.3) is 0 Å². The van der Waals surface area contributed by atoms with Crippen LogP contribution < -0.4 is 10.0 Å². The minimum absolute atomic E-state index is 0.170. The number of hydrogen-bond donors (Lipinski definition) is 2. The maximum absolute atomic E-state index is 12.0. The average Bonchev–Trinajstić information content (AvgIpc) is 2.75. The SMILES string of the molecule is CNS(=O)(=O)N1CCC(Cc2ccc(NC(=O)OCc3ccc(Cl)cc3)cc2)CC1. The van der Waals surface area contributed by atoms with Crippen molar-refractivity contribution < 1.29 is 17.9 Å². The number of carbonyl (C=O) groups excluding carboxylic acids is 1. The zero-order valence-electron chi connectivity index (χ0n) is 16.8. The van der Waals surface area contributed by atoms with Crippen LogP contribution in [0.5, 0.6) is 0 Å². The number of ether oxygens (including phenoxy) is 1. The lowest BCUT2D eigenvalue weighted by Crippen LogP contribution is -2.43. The number of amides is 1. The first-order chi connectivity index (χ1) is 14.4. The predicted octanol–water partition coefficient (Wildman–Crippen LogP) is 3.81. The highest BCUT2D eigenvalue weighted by molar-refractivity contribution is 7.87. The fourth-order valence-electron chi connectivity index (χ4n) is 3.42. The second kappa shape index (κ2) is 10.3. The number of anilines is 1. The summed E-state index contributed by atoms with van der Waals surface area (Å²) in [6.45, 7) is 1.24. The third kappa shape index (κ3) is 6.43. The number of nitrogens with one attached hydrogen (secondary N) is 2. The summed E-state index contributed by atoms with van der Waals surface area (Å²) in [5.74, 6) is 0.441. The van der Waals surface area contributed by atoms with E-state index in [1.165, 1.54) is 11.4 Å². The average molecular weight is 452 g/mol. The van der Waals surface area contributed by atoms with Crippen molar-refractivity contribution in [1.82, 2.24) is 9.03 Å². The highest BCUT2D eigenvalue weighted by Crippen LogP contribution is 2.23. The van der Waals surface area contributed by atoms with Gasteiger partial charge in [-0.05, 0) is 60.6 Å². The molecule has 0 saturated carbocycles. The normalized spacial score (nSPS) is 15.7. The van der Waals surface area contributed by atoms with E-state index in [1.807, 2.05) is 36.4 Å². The number of nitrogens with zero attached hydrogens (tertiary/aromatic N) is 1. The summed E-state index contributed by atoms with van der Waals surface area (Å²) >= 11 is 5.84. The van der Waals surface area contributed by atoms with Crippen molar-refractivity contribution in [3.8, 4) is 0 Å². The Bertz CT molecular complexity index is 941. The smallest absolute Gasteiger partial charge is 0.411 e. The van der Waals surface area contributed by atoms with Gasteiger partial charge in [0.2, 0.25) is 0 Å². The second-order valence-corrected chi connectivity index (χ2v) is 9.59. The molecule has 7 nitrogen and oxygen atoms in total. The first-order valence-corrected chi connectivity index (χ1v) is 11.6. The van der Waals surface area contributed by atoms with Crippen LogP contribution >= 0.6 is 11.6 Å². The molecule has 30 heavy (non-hydrogen) atoms. The van der Waals surface area contributed by atoms with Gasteiger partial charge in [0.25, 0.3) is 10.2 Å². The molecule has 9 heteroatoms. The van der Waals surface area contributed by atoms with Crippen molar-refractivity contribution >= 4 is 33.6 Å². The minimum Gasteiger partial charge on any atom is -0.444 e. The van der Waals surface area contributed by atoms with Gasteiger partial charge >= 0.3 is 6.09 Å². The number of halogens is 1. The largest absolute Gasteiger partial charge is 0.444 e. The summed E-state index contributed by atoms with van der Waals surface area (Å²) in [5.41, 5.74) is 2.68. The summed E-state index contributed by atoms with van der Waals surface area (Å²) < 4.78 is 32.8. The number of carbonyl (C=O) groups is 1. The van der Waals surface area contributed by atoms with Crippen LogP contribution in [-0.4, -0.2) is 39.0 Å². The first kappa shape index (κ1) is 22.6. The van der Waals surface area contributed by atoms with Gasteiger partial charge in [0.15, 0.2) is 0 Å². The second-order valence-electron chi connectivity index (χ2n) is 7.28. The predicted molar refractivity (Wildman–Crippen MR) is 118 cm³/mol. The maximum Gasteiger partial charge on any atom is 0.411 e. The van der Waals surface area contributed by atoms with E-state index in [4.69, 9.17) is 16.3 Å². The van der Waals surface area contributed by atoms with Crippen molar-refractivity contribution in [3.63, 3.8) is 0 Å². The molecule has 1 aliphatic rings. The molecule has 0 atom stereocenters. The molecule has 162 valence electrons. The highest BCUT2D eigenvalue weighted by atomic mass is 35.5. The van der Waals surface area contributed by atoms with E-state index in [0.717, 1.165) is 30.4 Å². The Hall–Kier alpha value is -2.13. The van der Waals surface area contributed by atoms with E-state index in [2.05, 4.69) is 10.0 Å². The highest BCUT2D eigenvalue weighted by Gasteiger charge is 2.26. The zero-order valence-corrected chi connectivity index (χ0v) is 18.4. The lowest BCUT2D eigenvalue weighted by molar-refractivity contribution is 0.155. The Morgan fingerprint density at radius 3 is 2.27 bits per heavy atom. The summed E-state index contributed by atoms with van der Waals surface area (Å²) in [4.78, 5) is 12.0. The molecule has 0 aliphatic carbocycles. The van der Waals surface area contributed by atoms with Crippen LogP contribution in [0.3, 0.4) is 0 Å². The molecule has 0 bridgehead atoms. The summed E-state index contributed by atoms with van der Waals surface area (Å²) in [6.07, 6.45) is 2.03. The Morgan fingerprint density at radius 1 is 1.07 bits per heavy atom. The zero-order chi connectivity index (χ0) is 21.6. The van der Waals surface area contributed by atoms with Crippen LogP contribution in [0, 0.1) is 5.92 Å². The molecule has 2 aromatic carbocycles. The fraction of sp³-hybridized carbons (Fsp3) is 0.381. The van der Waals surface area contributed by atoms with E-state index in [0.29, 0.717) is 29.7 Å². The monoisotopic (exact) mass is 451 g/mol. The molecule has 1 heterocycles. The number of benzene rings is 2.